The van der Waals surface area contributed by atoms with Gasteiger partial charge in [-0.1, -0.05) is 0 Å². The summed E-state index contributed by atoms with van der Waals surface area (Å²) in [5.74, 6) is -0.485. The van der Waals surface area contributed by atoms with Crippen LogP contribution < -0.4 is 4.74 Å². The Morgan fingerprint density at radius 2 is 2.06 bits per heavy atom. The lowest BCUT2D eigenvalue weighted by molar-refractivity contribution is 0.0257. The van der Waals surface area contributed by atoms with Gasteiger partial charge in [-0.15, -0.1) is 0 Å². The van der Waals surface area contributed by atoms with Crippen LogP contribution in [-0.2, 0) is 7.05 Å². The predicted octanol–water partition coefficient (Wildman–Crippen LogP) is 2.81. The fraction of sp³-hybridized carbons (Fsp3) is 0.304. The van der Waals surface area contributed by atoms with E-state index in [4.69, 9.17) is 10.00 Å². The fourth-order valence-electron chi connectivity index (χ4n) is 4.12. The predicted molar refractivity (Wildman–Crippen MR) is 119 cm³/mol. The van der Waals surface area contributed by atoms with Gasteiger partial charge in [0.1, 0.15) is 12.2 Å². The molecule has 3 aromatic rings. The number of likely N-dealkylation sites (tertiary alicyclic amines) is 1. The van der Waals surface area contributed by atoms with Gasteiger partial charge in [0.15, 0.2) is 11.6 Å². The van der Waals surface area contributed by atoms with Crippen LogP contribution in [0.4, 0.5) is 9.18 Å². The van der Waals surface area contributed by atoms with Crippen LogP contribution in [0.25, 0.3) is 11.4 Å². The number of nitriles is 1. The van der Waals surface area contributed by atoms with Crippen molar-refractivity contribution in [1.82, 2.24) is 29.7 Å². The van der Waals surface area contributed by atoms with Crippen molar-refractivity contribution in [1.29, 1.82) is 5.26 Å². The topological polar surface area (TPSA) is 113 Å². The average Bonchev–Trinajstić information content (AvgIpc) is 3.43. The molecule has 10 nitrogen and oxygen atoms in total. The zero-order valence-corrected chi connectivity index (χ0v) is 18.6. The molecule has 11 heteroatoms. The third kappa shape index (κ3) is 3.83. The van der Waals surface area contributed by atoms with Crippen molar-refractivity contribution in [2.75, 3.05) is 13.1 Å². The number of carbonyl (C=O) groups excluding carboxylic acids is 1. The Morgan fingerprint density at radius 3 is 2.79 bits per heavy atom. The summed E-state index contributed by atoms with van der Waals surface area (Å²) in [5, 5.41) is 18.9. The van der Waals surface area contributed by atoms with E-state index in [1.165, 1.54) is 11.2 Å². The number of halogens is 1. The normalized spacial score (nSPS) is 17.5. The van der Waals surface area contributed by atoms with Crippen molar-refractivity contribution in [3.05, 3.63) is 59.4 Å². The van der Waals surface area contributed by atoms with Crippen molar-refractivity contribution in [3.63, 3.8) is 0 Å². The summed E-state index contributed by atoms with van der Waals surface area (Å²) < 4.78 is 21.9. The number of hydrazone groups is 1. The first-order chi connectivity index (χ1) is 16.4. The summed E-state index contributed by atoms with van der Waals surface area (Å²) in [5.41, 5.74) is 3.43. The van der Waals surface area contributed by atoms with E-state index in [0.29, 0.717) is 30.8 Å². The second kappa shape index (κ2) is 8.55. The van der Waals surface area contributed by atoms with E-state index in [1.54, 1.807) is 47.4 Å². The molecule has 0 aromatic carbocycles. The summed E-state index contributed by atoms with van der Waals surface area (Å²) >= 11 is 0. The Morgan fingerprint density at radius 1 is 1.24 bits per heavy atom. The lowest BCUT2D eigenvalue weighted by atomic mass is 10.1. The number of carbonyl (C=O) groups is 1. The van der Waals surface area contributed by atoms with Crippen molar-refractivity contribution in [2.24, 2.45) is 12.1 Å². The molecule has 3 aromatic heterocycles. The molecule has 5 heterocycles. The first kappa shape index (κ1) is 21.5. The molecule has 0 aliphatic carbocycles. The van der Waals surface area contributed by atoms with Gasteiger partial charge < -0.3 is 9.64 Å². The molecule has 0 radical (unpaired) electrons. The molecular formula is C23H21FN8O2. The van der Waals surface area contributed by atoms with Crippen LogP contribution in [-0.4, -0.2) is 61.1 Å². The Hall–Kier alpha value is -4.33. The number of amides is 2. The monoisotopic (exact) mass is 460 g/mol. The first-order valence-corrected chi connectivity index (χ1v) is 10.7. The highest BCUT2D eigenvalue weighted by Crippen LogP contribution is 2.32. The van der Waals surface area contributed by atoms with E-state index in [-0.39, 0.29) is 23.9 Å². The van der Waals surface area contributed by atoms with Gasteiger partial charge >= 0.3 is 6.03 Å². The number of rotatable bonds is 4. The summed E-state index contributed by atoms with van der Waals surface area (Å²) in [7, 11) is 1.80. The highest BCUT2D eigenvalue weighted by atomic mass is 19.1. The van der Waals surface area contributed by atoms with Gasteiger partial charge in [-0.2, -0.15) is 15.5 Å². The molecule has 2 amide bonds. The van der Waals surface area contributed by atoms with E-state index in [2.05, 4.69) is 26.2 Å². The summed E-state index contributed by atoms with van der Waals surface area (Å²) in [6, 6.07) is 4.73. The minimum absolute atomic E-state index is 0.0826. The standard InChI is InChI=1S/C23H21FN8O2/c1-14-8-29-30(2)22(14)19-6-21(18(24)11-27-19)34-17-12-31(13-17)23(33)32-20(3-4-28-32)16-5-15(7-25)9-26-10-16/h4-6,8-11,17,20H,3,12-13H2,1-2H3/t20-/m0/s1. The minimum Gasteiger partial charge on any atom is -0.483 e. The van der Waals surface area contributed by atoms with Gasteiger partial charge in [0.25, 0.3) is 0 Å². The summed E-state index contributed by atoms with van der Waals surface area (Å²) in [6.45, 7) is 2.51. The van der Waals surface area contributed by atoms with Gasteiger partial charge in [-0.25, -0.2) is 14.2 Å². The van der Waals surface area contributed by atoms with Crippen LogP contribution in [0.2, 0.25) is 0 Å². The molecule has 0 spiro atoms. The smallest absolute Gasteiger partial charge is 0.341 e. The lowest BCUT2D eigenvalue weighted by Crippen LogP contribution is -2.58. The number of nitrogens with zero attached hydrogens (tertiary/aromatic N) is 8. The molecule has 2 aliphatic heterocycles. The molecule has 172 valence electrons. The molecule has 0 unspecified atom stereocenters. The maximum atomic E-state index is 14.4. The van der Waals surface area contributed by atoms with Gasteiger partial charge in [0.2, 0.25) is 0 Å². The zero-order valence-electron chi connectivity index (χ0n) is 18.6. The van der Waals surface area contributed by atoms with Crippen molar-refractivity contribution < 1.29 is 13.9 Å². The number of pyridine rings is 2. The van der Waals surface area contributed by atoms with Gasteiger partial charge in [0.05, 0.1) is 48.5 Å². The highest BCUT2D eigenvalue weighted by molar-refractivity contribution is 5.79. The van der Waals surface area contributed by atoms with Gasteiger partial charge in [-0.3, -0.25) is 14.6 Å². The van der Waals surface area contributed by atoms with E-state index < -0.39 is 5.82 Å². The second-order valence-electron chi connectivity index (χ2n) is 8.24. The number of urea groups is 1. The largest absolute Gasteiger partial charge is 0.483 e. The molecule has 2 aliphatic rings. The molecule has 1 saturated heterocycles. The van der Waals surface area contributed by atoms with Crippen LogP contribution in [0.5, 0.6) is 5.75 Å². The maximum Gasteiger partial charge on any atom is 0.341 e. The van der Waals surface area contributed by atoms with Crippen LogP contribution in [0.3, 0.4) is 0 Å². The third-order valence-corrected chi connectivity index (χ3v) is 5.90. The summed E-state index contributed by atoms with van der Waals surface area (Å²) in [6.07, 6.45) is 7.81. The van der Waals surface area contributed by atoms with E-state index in [0.717, 1.165) is 23.0 Å². The molecule has 1 fully saturated rings. The molecule has 5 rings (SSSR count). The van der Waals surface area contributed by atoms with Crippen molar-refractivity contribution in [3.8, 4) is 23.2 Å². The zero-order chi connectivity index (χ0) is 23.8. The minimum atomic E-state index is -0.567. The fourth-order valence-corrected chi connectivity index (χ4v) is 4.12. The lowest BCUT2D eigenvalue weighted by Gasteiger charge is -2.41. The van der Waals surface area contributed by atoms with E-state index in [1.807, 2.05) is 6.92 Å². The van der Waals surface area contributed by atoms with Crippen LogP contribution >= 0.6 is 0 Å². The van der Waals surface area contributed by atoms with Crippen LogP contribution in [0.1, 0.15) is 29.2 Å². The number of hydrogen-bond donors (Lipinski definition) is 0. The number of ether oxygens (including phenoxy) is 1. The Labute approximate surface area is 194 Å². The molecular weight excluding hydrogens is 439 g/mol. The van der Waals surface area contributed by atoms with Crippen LogP contribution in [0, 0.1) is 24.1 Å². The Bertz CT molecular complexity index is 1310. The molecule has 0 bridgehead atoms. The molecule has 1 atom stereocenters. The van der Waals surface area contributed by atoms with Crippen molar-refractivity contribution in [2.45, 2.75) is 25.5 Å². The number of aromatic nitrogens is 4. The van der Waals surface area contributed by atoms with Gasteiger partial charge in [-0.05, 0) is 24.1 Å². The Balaban J connectivity index is 1.25. The van der Waals surface area contributed by atoms with Gasteiger partial charge in [0, 0.05) is 38.1 Å². The van der Waals surface area contributed by atoms with Crippen molar-refractivity contribution >= 4 is 12.2 Å². The van der Waals surface area contributed by atoms with E-state index >= 15 is 0 Å². The SMILES string of the molecule is Cc1cnn(C)c1-c1cc(OC2CN(C(=O)N3N=CC[C@H]3c3cncc(C#N)c3)C2)c(F)cn1. The second-order valence-corrected chi connectivity index (χ2v) is 8.24. The number of hydrogen-bond acceptors (Lipinski definition) is 7. The van der Waals surface area contributed by atoms with Crippen LogP contribution in [0.15, 0.2) is 42.0 Å². The quantitative estimate of drug-likeness (QED) is 0.592. The summed E-state index contributed by atoms with van der Waals surface area (Å²) in [4.78, 5) is 22.9. The molecule has 34 heavy (non-hydrogen) atoms. The Kier molecular flexibility index (Phi) is 5.41. The molecule has 0 N–H and O–H groups in total. The van der Waals surface area contributed by atoms with E-state index in [9.17, 15) is 9.18 Å². The first-order valence-electron chi connectivity index (χ1n) is 10.7. The highest BCUT2D eigenvalue weighted by Gasteiger charge is 2.39. The molecule has 0 saturated carbocycles. The average molecular weight is 460 g/mol. The third-order valence-electron chi connectivity index (χ3n) is 5.90. The number of aryl methyl sites for hydroxylation is 2. The maximum absolute atomic E-state index is 14.4.